The van der Waals surface area contributed by atoms with E-state index < -0.39 is 0 Å². The molecule has 1 fully saturated rings. The molecular weight excluding hydrogens is 174 g/mol. The number of nitrogens with zero attached hydrogens (tertiary/aromatic N) is 1. The Morgan fingerprint density at radius 1 is 1.50 bits per heavy atom. The smallest absolute Gasteiger partial charge is 0.126 e. The van der Waals surface area contributed by atoms with E-state index in [9.17, 15) is 0 Å². The minimum absolute atomic E-state index is 0.678. The molecule has 1 aromatic rings. The van der Waals surface area contributed by atoms with Gasteiger partial charge in [-0.25, -0.2) is 4.98 Å². The number of anilines is 1. The summed E-state index contributed by atoms with van der Waals surface area (Å²) >= 11 is 0. The number of nitrogens with one attached hydrogen (secondary N) is 2. The normalized spacial score (nSPS) is 15.6. The molecule has 3 nitrogen and oxygen atoms in total. The maximum absolute atomic E-state index is 4.39. The van der Waals surface area contributed by atoms with Crippen molar-refractivity contribution >= 4 is 5.82 Å². The number of aryl methyl sites for hydroxylation is 1. The molecular formula is C11H17N3. The minimum atomic E-state index is 0.678. The molecule has 0 aliphatic heterocycles. The van der Waals surface area contributed by atoms with E-state index in [0.29, 0.717) is 6.04 Å². The Labute approximate surface area is 84.9 Å². The van der Waals surface area contributed by atoms with E-state index in [2.05, 4.69) is 28.6 Å². The molecule has 1 aromatic heterocycles. The molecule has 0 spiro atoms. The molecule has 76 valence electrons. The molecule has 0 unspecified atom stereocenters. The van der Waals surface area contributed by atoms with E-state index in [4.69, 9.17) is 0 Å². The van der Waals surface area contributed by atoms with Gasteiger partial charge in [0.05, 0.1) is 0 Å². The van der Waals surface area contributed by atoms with Crippen molar-refractivity contribution in [1.82, 2.24) is 10.3 Å². The SMILES string of the molecule is CNCc1cnc(NC2CC2)cc1C. The van der Waals surface area contributed by atoms with Gasteiger partial charge in [0.1, 0.15) is 5.82 Å². The largest absolute Gasteiger partial charge is 0.367 e. The van der Waals surface area contributed by atoms with Crippen molar-refractivity contribution in [2.24, 2.45) is 0 Å². The summed E-state index contributed by atoms with van der Waals surface area (Å²) < 4.78 is 0. The van der Waals surface area contributed by atoms with Crippen LogP contribution in [0.5, 0.6) is 0 Å². The van der Waals surface area contributed by atoms with Crippen LogP contribution in [0.4, 0.5) is 5.82 Å². The number of rotatable bonds is 4. The molecule has 0 atom stereocenters. The van der Waals surface area contributed by atoms with Crippen LogP contribution in [0.1, 0.15) is 24.0 Å². The highest BCUT2D eigenvalue weighted by Crippen LogP contribution is 2.24. The Kier molecular flexibility index (Phi) is 2.68. The van der Waals surface area contributed by atoms with E-state index in [1.54, 1.807) is 0 Å². The highest BCUT2D eigenvalue weighted by atomic mass is 15.0. The highest BCUT2D eigenvalue weighted by molar-refractivity contribution is 5.42. The van der Waals surface area contributed by atoms with Gasteiger partial charge in [0, 0.05) is 18.8 Å². The zero-order valence-corrected chi connectivity index (χ0v) is 8.80. The molecule has 1 aliphatic rings. The number of pyridine rings is 1. The summed E-state index contributed by atoms with van der Waals surface area (Å²) in [6.45, 7) is 3.02. The predicted molar refractivity (Wildman–Crippen MR) is 58.4 cm³/mol. The number of hydrogen-bond acceptors (Lipinski definition) is 3. The standard InChI is InChI=1S/C11H17N3/c1-8-5-11(14-10-3-4-10)13-7-9(8)6-12-2/h5,7,10,12H,3-4,6H2,1-2H3,(H,13,14). The summed E-state index contributed by atoms with van der Waals surface area (Å²) in [6, 6.07) is 2.81. The first-order valence-electron chi connectivity index (χ1n) is 5.16. The molecule has 0 aromatic carbocycles. The lowest BCUT2D eigenvalue weighted by Gasteiger charge is -2.08. The Morgan fingerprint density at radius 3 is 2.86 bits per heavy atom. The Balaban J connectivity index is 2.08. The first kappa shape index (κ1) is 9.46. The second-order valence-corrected chi connectivity index (χ2v) is 3.94. The lowest BCUT2D eigenvalue weighted by Crippen LogP contribution is -2.09. The van der Waals surface area contributed by atoms with Gasteiger partial charge in [0.25, 0.3) is 0 Å². The van der Waals surface area contributed by atoms with Crippen LogP contribution in [0.15, 0.2) is 12.3 Å². The zero-order chi connectivity index (χ0) is 9.97. The number of hydrogen-bond donors (Lipinski definition) is 2. The van der Waals surface area contributed by atoms with Crippen molar-refractivity contribution in [3.8, 4) is 0 Å². The molecule has 0 radical (unpaired) electrons. The Morgan fingerprint density at radius 2 is 2.29 bits per heavy atom. The fourth-order valence-electron chi connectivity index (χ4n) is 1.48. The van der Waals surface area contributed by atoms with Crippen molar-refractivity contribution < 1.29 is 0 Å². The van der Waals surface area contributed by atoms with Gasteiger partial charge in [0.15, 0.2) is 0 Å². The van der Waals surface area contributed by atoms with Gasteiger partial charge in [-0.1, -0.05) is 0 Å². The monoisotopic (exact) mass is 191 g/mol. The zero-order valence-electron chi connectivity index (χ0n) is 8.80. The molecule has 2 rings (SSSR count). The van der Waals surface area contributed by atoms with Crippen molar-refractivity contribution in [3.63, 3.8) is 0 Å². The van der Waals surface area contributed by atoms with Crippen LogP contribution < -0.4 is 10.6 Å². The van der Waals surface area contributed by atoms with Crippen molar-refractivity contribution in [1.29, 1.82) is 0 Å². The molecule has 1 saturated carbocycles. The fourth-order valence-corrected chi connectivity index (χ4v) is 1.48. The van der Waals surface area contributed by atoms with E-state index in [0.717, 1.165) is 12.4 Å². The summed E-state index contributed by atoms with van der Waals surface area (Å²) in [5, 5.41) is 6.53. The molecule has 3 heteroatoms. The quantitative estimate of drug-likeness (QED) is 0.760. The first-order valence-corrected chi connectivity index (χ1v) is 5.16. The molecule has 14 heavy (non-hydrogen) atoms. The molecule has 0 bridgehead atoms. The van der Waals surface area contributed by atoms with Gasteiger partial charge in [0.2, 0.25) is 0 Å². The third kappa shape index (κ3) is 2.23. The van der Waals surface area contributed by atoms with Crippen LogP contribution in [0.25, 0.3) is 0 Å². The molecule has 1 heterocycles. The van der Waals surface area contributed by atoms with E-state index in [1.807, 2.05) is 13.2 Å². The van der Waals surface area contributed by atoms with Gasteiger partial charge in [-0.15, -0.1) is 0 Å². The van der Waals surface area contributed by atoms with E-state index in [1.165, 1.54) is 24.0 Å². The lowest BCUT2D eigenvalue weighted by molar-refractivity contribution is 0.807. The fraction of sp³-hybridized carbons (Fsp3) is 0.545. The van der Waals surface area contributed by atoms with Gasteiger partial charge >= 0.3 is 0 Å². The lowest BCUT2D eigenvalue weighted by atomic mass is 10.1. The average molecular weight is 191 g/mol. The summed E-state index contributed by atoms with van der Waals surface area (Å²) in [4.78, 5) is 4.39. The van der Waals surface area contributed by atoms with Crippen LogP contribution in [0.3, 0.4) is 0 Å². The van der Waals surface area contributed by atoms with Crippen molar-refractivity contribution in [2.45, 2.75) is 32.4 Å². The molecule has 0 saturated heterocycles. The average Bonchev–Trinajstić information content (AvgIpc) is 2.94. The second-order valence-electron chi connectivity index (χ2n) is 3.94. The van der Waals surface area contributed by atoms with Crippen LogP contribution in [0.2, 0.25) is 0 Å². The topological polar surface area (TPSA) is 37.0 Å². The summed E-state index contributed by atoms with van der Waals surface area (Å²) in [7, 11) is 1.95. The van der Waals surface area contributed by atoms with Crippen LogP contribution in [0, 0.1) is 6.92 Å². The summed E-state index contributed by atoms with van der Waals surface area (Å²) in [6.07, 6.45) is 4.54. The van der Waals surface area contributed by atoms with Gasteiger partial charge < -0.3 is 10.6 Å². The Hall–Kier alpha value is -1.09. The molecule has 2 N–H and O–H groups in total. The predicted octanol–water partition coefficient (Wildman–Crippen LogP) is 1.68. The van der Waals surface area contributed by atoms with Gasteiger partial charge in [-0.2, -0.15) is 0 Å². The Bertz CT molecular complexity index is 318. The molecule has 0 amide bonds. The van der Waals surface area contributed by atoms with Gasteiger partial charge in [-0.05, 0) is 44.0 Å². The van der Waals surface area contributed by atoms with Crippen LogP contribution >= 0.6 is 0 Å². The van der Waals surface area contributed by atoms with Gasteiger partial charge in [-0.3, -0.25) is 0 Å². The number of aromatic nitrogens is 1. The maximum Gasteiger partial charge on any atom is 0.126 e. The minimum Gasteiger partial charge on any atom is -0.367 e. The third-order valence-corrected chi connectivity index (χ3v) is 2.52. The first-order chi connectivity index (χ1) is 6.79. The highest BCUT2D eigenvalue weighted by Gasteiger charge is 2.21. The summed E-state index contributed by atoms with van der Waals surface area (Å²) in [5.41, 5.74) is 2.58. The summed E-state index contributed by atoms with van der Waals surface area (Å²) in [5.74, 6) is 1.02. The van der Waals surface area contributed by atoms with E-state index in [-0.39, 0.29) is 0 Å². The van der Waals surface area contributed by atoms with Crippen molar-refractivity contribution in [3.05, 3.63) is 23.4 Å². The second kappa shape index (κ2) is 3.96. The maximum atomic E-state index is 4.39. The third-order valence-electron chi connectivity index (χ3n) is 2.52. The van der Waals surface area contributed by atoms with E-state index >= 15 is 0 Å². The van der Waals surface area contributed by atoms with Crippen LogP contribution in [-0.4, -0.2) is 18.1 Å². The van der Waals surface area contributed by atoms with Crippen LogP contribution in [-0.2, 0) is 6.54 Å². The molecule has 1 aliphatic carbocycles. The van der Waals surface area contributed by atoms with Crippen molar-refractivity contribution in [2.75, 3.05) is 12.4 Å².